The molecule has 0 bridgehead atoms. The maximum Gasteiger partial charge on any atom is 0.332 e. The molecule has 2 aromatic carbocycles. The van der Waals surface area contributed by atoms with Crippen LogP contribution in [0.25, 0.3) is 10.9 Å². The number of nitrogens with one attached hydrogen (secondary N) is 2. The molecular formula is C25H26N4O4. The number of H-pyrrole nitrogens is 1. The van der Waals surface area contributed by atoms with Crippen molar-refractivity contribution in [2.45, 2.75) is 25.3 Å². The predicted molar refractivity (Wildman–Crippen MR) is 124 cm³/mol. The van der Waals surface area contributed by atoms with Crippen LogP contribution in [0.5, 0.6) is 0 Å². The minimum atomic E-state index is -1.16. The molecule has 5 rings (SSSR count). The molecule has 1 saturated heterocycles. The number of methoxy groups -OCH3 is 1. The van der Waals surface area contributed by atoms with Crippen LogP contribution in [0.15, 0.2) is 48.5 Å². The van der Waals surface area contributed by atoms with Gasteiger partial charge in [0.05, 0.1) is 16.9 Å². The maximum atomic E-state index is 13.9. The summed E-state index contributed by atoms with van der Waals surface area (Å²) in [5, 5.41) is 3.92. The third-order valence-corrected chi connectivity index (χ3v) is 6.67. The van der Waals surface area contributed by atoms with Gasteiger partial charge >= 0.3 is 6.03 Å². The summed E-state index contributed by atoms with van der Waals surface area (Å²) < 4.78 is 5.02. The van der Waals surface area contributed by atoms with Crippen LogP contribution < -0.4 is 10.2 Å². The average Bonchev–Trinajstić information content (AvgIpc) is 3.30. The van der Waals surface area contributed by atoms with E-state index in [0.717, 1.165) is 27.1 Å². The Morgan fingerprint density at radius 2 is 1.91 bits per heavy atom. The number of aromatic amines is 1. The lowest BCUT2D eigenvalue weighted by atomic mass is 9.87. The Balaban J connectivity index is 1.53. The van der Waals surface area contributed by atoms with Gasteiger partial charge in [-0.2, -0.15) is 0 Å². The minimum Gasteiger partial charge on any atom is -0.385 e. The number of ether oxygens (including phenoxy) is 1. The van der Waals surface area contributed by atoms with E-state index in [1.165, 1.54) is 0 Å². The van der Waals surface area contributed by atoms with Gasteiger partial charge in [0.15, 0.2) is 5.54 Å². The highest BCUT2D eigenvalue weighted by Crippen LogP contribution is 2.45. The van der Waals surface area contributed by atoms with Gasteiger partial charge in [0, 0.05) is 37.7 Å². The Kier molecular flexibility index (Phi) is 5.17. The van der Waals surface area contributed by atoms with Gasteiger partial charge in [0.25, 0.3) is 11.8 Å². The van der Waals surface area contributed by atoms with Crippen LogP contribution in [0.2, 0.25) is 0 Å². The van der Waals surface area contributed by atoms with Crippen LogP contribution >= 0.6 is 0 Å². The summed E-state index contributed by atoms with van der Waals surface area (Å²) in [4.78, 5) is 46.5. The molecule has 2 N–H and O–H groups in total. The SMILES string of the molecule is COCCCNC(=O)c1ccccc1N1C(=O)N2CCc3c([nH]c4ccccc34)[C@@]2(C)C1=O. The Labute approximate surface area is 191 Å². The first-order valence-electron chi connectivity index (χ1n) is 11.1. The fourth-order valence-electron chi connectivity index (χ4n) is 4.98. The third kappa shape index (κ3) is 3.13. The van der Waals surface area contributed by atoms with Gasteiger partial charge in [-0.1, -0.05) is 30.3 Å². The molecule has 1 atom stereocenters. The van der Waals surface area contributed by atoms with Crippen LogP contribution in [0.4, 0.5) is 10.5 Å². The van der Waals surface area contributed by atoms with E-state index in [2.05, 4.69) is 10.3 Å². The van der Waals surface area contributed by atoms with Crippen LogP contribution in [-0.4, -0.2) is 54.5 Å². The van der Waals surface area contributed by atoms with E-state index in [0.29, 0.717) is 38.2 Å². The van der Waals surface area contributed by atoms with E-state index >= 15 is 0 Å². The van der Waals surface area contributed by atoms with Crippen LogP contribution in [0.1, 0.15) is 35.0 Å². The van der Waals surface area contributed by atoms with Crippen molar-refractivity contribution in [2.75, 3.05) is 31.7 Å². The second-order valence-corrected chi connectivity index (χ2v) is 8.54. The van der Waals surface area contributed by atoms with E-state index in [1.807, 2.05) is 24.3 Å². The van der Waals surface area contributed by atoms with Gasteiger partial charge in [-0.3, -0.25) is 9.59 Å². The number of hydrogen-bond donors (Lipinski definition) is 2. The molecule has 0 saturated carbocycles. The molecule has 1 fully saturated rings. The molecule has 8 heteroatoms. The Hall–Kier alpha value is -3.65. The number of carbonyl (C=O) groups excluding carboxylic acids is 3. The summed E-state index contributed by atoms with van der Waals surface area (Å²) in [6.45, 7) is 3.18. The molecule has 1 aromatic heterocycles. The molecule has 0 spiro atoms. The number of aromatic nitrogens is 1. The molecule has 3 aromatic rings. The molecule has 3 heterocycles. The molecule has 170 valence electrons. The fourth-order valence-corrected chi connectivity index (χ4v) is 4.98. The quantitative estimate of drug-likeness (QED) is 0.449. The molecule has 0 unspecified atom stereocenters. The van der Waals surface area contributed by atoms with Crippen LogP contribution in [0.3, 0.4) is 0 Å². The van der Waals surface area contributed by atoms with Gasteiger partial charge < -0.3 is 19.9 Å². The van der Waals surface area contributed by atoms with Crippen molar-refractivity contribution in [3.05, 3.63) is 65.4 Å². The van der Waals surface area contributed by atoms with E-state index in [-0.39, 0.29) is 17.4 Å². The first-order chi connectivity index (χ1) is 16.0. The second-order valence-electron chi connectivity index (χ2n) is 8.54. The van der Waals surface area contributed by atoms with E-state index in [1.54, 1.807) is 43.2 Å². The molecular weight excluding hydrogens is 420 g/mol. The number of anilines is 1. The highest BCUT2D eigenvalue weighted by molar-refractivity contribution is 6.25. The molecule has 8 nitrogen and oxygen atoms in total. The first kappa shape index (κ1) is 21.2. The molecule has 2 aliphatic rings. The summed E-state index contributed by atoms with van der Waals surface area (Å²) >= 11 is 0. The summed E-state index contributed by atoms with van der Waals surface area (Å²) in [6.07, 6.45) is 1.32. The lowest BCUT2D eigenvalue weighted by Gasteiger charge is -2.35. The lowest BCUT2D eigenvalue weighted by molar-refractivity contribution is -0.125. The number of para-hydroxylation sites is 2. The number of fused-ring (bicyclic) bond motifs is 5. The van der Waals surface area contributed by atoms with Gasteiger partial charge in [0.2, 0.25) is 0 Å². The Morgan fingerprint density at radius 1 is 1.15 bits per heavy atom. The highest BCUT2D eigenvalue weighted by Gasteiger charge is 2.59. The van der Waals surface area contributed by atoms with Crippen molar-refractivity contribution in [1.29, 1.82) is 0 Å². The number of hydrogen-bond acceptors (Lipinski definition) is 4. The van der Waals surface area contributed by atoms with Gasteiger partial charge in [-0.15, -0.1) is 0 Å². The zero-order chi connectivity index (χ0) is 23.2. The Morgan fingerprint density at radius 3 is 2.73 bits per heavy atom. The number of benzene rings is 2. The lowest BCUT2D eigenvalue weighted by Crippen LogP contribution is -2.49. The molecule has 2 aliphatic heterocycles. The summed E-state index contributed by atoms with van der Waals surface area (Å²) in [6, 6.07) is 14.3. The summed E-state index contributed by atoms with van der Waals surface area (Å²) in [5.41, 5.74) is 2.18. The summed E-state index contributed by atoms with van der Waals surface area (Å²) in [7, 11) is 1.61. The molecule has 4 amide bonds. The normalized spacial score (nSPS) is 19.7. The topological polar surface area (TPSA) is 94.7 Å². The third-order valence-electron chi connectivity index (χ3n) is 6.67. The van der Waals surface area contributed by atoms with Gasteiger partial charge in [-0.05, 0) is 43.5 Å². The highest BCUT2D eigenvalue weighted by atomic mass is 16.5. The molecule has 33 heavy (non-hydrogen) atoms. The number of rotatable bonds is 6. The standard InChI is InChI=1S/C25H26N4O4/c1-25-21-17(16-8-3-5-10-19(16)27-21)12-14-28(25)24(32)29(23(25)31)20-11-6-4-9-18(20)22(30)26-13-7-15-33-2/h3-6,8-11,27H,7,12-15H2,1-2H3,(H,26,30)/t25-/m0/s1. The van der Waals surface area contributed by atoms with Crippen molar-refractivity contribution in [3.8, 4) is 0 Å². The predicted octanol–water partition coefficient (Wildman–Crippen LogP) is 3.17. The number of carbonyl (C=O) groups is 3. The molecule has 0 radical (unpaired) electrons. The fraction of sp³-hybridized carbons (Fsp3) is 0.320. The minimum absolute atomic E-state index is 0.289. The van der Waals surface area contributed by atoms with Crippen molar-refractivity contribution in [1.82, 2.24) is 15.2 Å². The second kappa shape index (κ2) is 8.04. The van der Waals surface area contributed by atoms with Crippen molar-refractivity contribution < 1.29 is 19.1 Å². The van der Waals surface area contributed by atoms with Crippen LogP contribution in [0, 0.1) is 0 Å². The van der Waals surface area contributed by atoms with E-state index < -0.39 is 11.6 Å². The average molecular weight is 447 g/mol. The zero-order valence-corrected chi connectivity index (χ0v) is 18.7. The largest absolute Gasteiger partial charge is 0.385 e. The summed E-state index contributed by atoms with van der Waals surface area (Å²) in [5.74, 6) is -0.691. The van der Waals surface area contributed by atoms with Gasteiger partial charge in [0.1, 0.15) is 0 Å². The van der Waals surface area contributed by atoms with Crippen molar-refractivity contribution in [2.24, 2.45) is 0 Å². The maximum absolute atomic E-state index is 13.9. The van der Waals surface area contributed by atoms with Gasteiger partial charge in [-0.25, -0.2) is 9.69 Å². The van der Waals surface area contributed by atoms with Crippen LogP contribution in [-0.2, 0) is 21.5 Å². The van der Waals surface area contributed by atoms with Crippen molar-refractivity contribution in [3.63, 3.8) is 0 Å². The number of imide groups is 1. The van der Waals surface area contributed by atoms with E-state index in [9.17, 15) is 14.4 Å². The van der Waals surface area contributed by atoms with Crippen molar-refractivity contribution >= 4 is 34.4 Å². The number of amides is 4. The zero-order valence-electron chi connectivity index (χ0n) is 18.7. The monoisotopic (exact) mass is 446 g/mol. The Bertz CT molecular complexity index is 1270. The number of urea groups is 1. The smallest absolute Gasteiger partial charge is 0.332 e. The molecule has 0 aliphatic carbocycles. The number of nitrogens with zero attached hydrogens (tertiary/aromatic N) is 2. The first-order valence-corrected chi connectivity index (χ1v) is 11.1. The van der Waals surface area contributed by atoms with E-state index in [4.69, 9.17) is 4.74 Å².